The molecule has 1 radical (unpaired) electrons. The van der Waals surface area contributed by atoms with E-state index in [2.05, 4.69) is 6.07 Å². The van der Waals surface area contributed by atoms with Gasteiger partial charge in [0.05, 0.1) is 41.5 Å². The number of fused-ring (bicyclic) bond motifs is 1. The minimum absolute atomic E-state index is 0.00168. The van der Waals surface area contributed by atoms with Crippen LogP contribution in [0.2, 0.25) is 0 Å². The summed E-state index contributed by atoms with van der Waals surface area (Å²) in [5.41, 5.74) is -2.69. The molecule has 0 bridgehead atoms. The van der Waals surface area contributed by atoms with Crippen molar-refractivity contribution >= 4 is 23.4 Å². The number of carbonyl (C=O) groups is 3. The van der Waals surface area contributed by atoms with Gasteiger partial charge in [0.15, 0.2) is 5.75 Å². The molecule has 28 heavy (non-hydrogen) atoms. The van der Waals surface area contributed by atoms with Crippen molar-refractivity contribution < 1.29 is 49.4 Å². The lowest BCUT2D eigenvalue weighted by atomic mass is 10.0. The van der Waals surface area contributed by atoms with Gasteiger partial charge in [-0.1, -0.05) is 0 Å². The van der Waals surface area contributed by atoms with Gasteiger partial charge in [0.2, 0.25) is 5.88 Å². The van der Waals surface area contributed by atoms with Gasteiger partial charge in [-0.25, -0.2) is 14.4 Å². The average Bonchev–Trinajstić information content (AvgIpc) is 2.97. The van der Waals surface area contributed by atoms with Gasteiger partial charge >= 0.3 is 17.9 Å². The van der Waals surface area contributed by atoms with Crippen LogP contribution in [0.5, 0.6) is 11.6 Å². The van der Waals surface area contributed by atoms with E-state index in [0.717, 1.165) is 10.6 Å². The zero-order valence-electron chi connectivity index (χ0n) is 14.5. The van der Waals surface area contributed by atoms with Crippen LogP contribution in [0.1, 0.15) is 43.9 Å². The molecule has 11 heteroatoms. The molecule has 0 spiro atoms. The zero-order valence-corrected chi connectivity index (χ0v) is 14.5. The highest BCUT2D eigenvalue weighted by atomic mass is 16.5. The van der Waals surface area contributed by atoms with Crippen molar-refractivity contribution in [3.63, 3.8) is 0 Å². The first-order chi connectivity index (χ1) is 13.3. The second-order valence-corrected chi connectivity index (χ2v) is 5.54. The topological polar surface area (TPSA) is 175 Å². The van der Waals surface area contributed by atoms with Crippen molar-refractivity contribution in [2.24, 2.45) is 0 Å². The van der Waals surface area contributed by atoms with Crippen molar-refractivity contribution in [3.05, 3.63) is 29.0 Å². The van der Waals surface area contributed by atoms with Gasteiger partial charge in [-0.15, -0.1) is 0 Å². The number of ether oxygens (including phenoxy) is 2. The maximum Gasteiger partial charge on any atom is 0.338 e. The van der Waals surface area contributed by atoms with E-state index >= 15 is 0 Å². The van der Waals surface area contributed by atoms with Crippen LogP contribution in [-0.2, 0) is 0 Å². The van der Waals surface area contributed by atoms with Crippen molar-refractivity contribution in [3.8, 4) is 11.6 Å². The highest BCUT2D eigenvalue weighted by Crippen LogP contribution is 2.35. The lowest BCUT2D eigenvalue weighted by Gasteiger charge is -2.12. The van der Waals surface area contributed by atoms with Crippen molar-refractivity contribution in [1.82, 2.24) is 4.40 Å². The Bertz CT molecular complexity index is 901. The Labute approximate surface area is 158 Å². The van der Waals surface area contributed by atoms with Gasteiger partial charge in [0.25, 0.3) is 0 Å². The molecule has 151 valence electrons. The maximum absolute atomic E-state index is 11.7. The third-order valence-electron chi connectivity index (χ3n) is 3.65. The van der Waals surface area contributed by atoms with E-state index in [0.29, 0.717) is 0 Å². The number of aromatic nitrogens is 1. The smallest absolute Gasteiger partial charge is 0.338 e. The Kier molecular flexibility index (Phi) is 6.79. The summed E-state index contributed by atoms with van der Waals surface area (Å²) in [7, 11) is 0. The van der Waals surface area contributed by atoms with Crippen LogP contribution in [0.15, 0.2) is 6.20 Å². The van der Waals surface area contributed by atoms with Gasteiger partial charge in [-0.3, -0.25) is 4.40 Å². The predicted octanol–water partition coefficient (Wildman–Crippen LogP) is 0.356. The van der Waals surface area contributed by atoms with Crippen LogP contribution in [-0.4, -0.2) is 74.3 Å². The van der Waals surface area contributed by atoms with E-state index in [4.69, 9.17) is 19.7 Å². The minimum atomic E-state index is -1.72. The lowest BCUT2D eigenvalue weighted by molar-refractivity contribution is 0.0633. The van der Waals surface area contributed by atoms with Crippen molar-refractivity contribution in [2.75, 3.05) is 26.4 Å². The van der Waals surface area contributed by atoms with Gasteiger partial charge in [-0.2, -0.15) is 0 Å². The summed E-state index contributed by atoms with van der Waals surface area (Å²) in [6.07, 6.45) is 1.40. The summed E-state index contributed by atoms with van der Waals surface area (Å²) < 4.78 is 11.9. The number of aliphatic hydroxyl groups is 2. The molecule has 0 atom stereocenters. The summed E-state index contributed by atoms with van der Waals surface area (Å²) in [4.78, 5) is 34.8. The fourth-order valence-corrected chi connectivity index (χ4v) is 2.48. The molecule has 0 saturated heterocycles. The molecule has 0 aliphatic rings. The average molecular weight is 396 g/mol. The van der Waals surface area contributed by atoms with E-state index in [1.165, 1.54) is 0 Å². The molecular formula is C17H18NO10. The second-order valence-electron chi connectivity index (χ2n) is 5.54. The first kappa shape index (κ1) is 21.0. The normalized spacial score (nSPS) is 10.8. The Morgan fingerprint density at radius 2 is 1.46 bits per heavy atom. The molecule has 0 aliphatic carbocycles. The summed E-state index contributed by atoms with van der Waals surface area (Å²) in [5, 5.41) is 46.0. The maximum atomic E-state index is 11.7. The molecule has 11 nitrogen and oxygen atoms in total. The second kappa shape index (κ2) is 9.06. The number of aromatic carboxylic acids is 3. The molecule has 0 aromatic carbocycles. The SMILES string of the molecule is O=C(O)c1cn2c(OCCCO)c(OCCCO)[c]c2c(C(=O)O)c1C(=O)O. The first-order valence-corrected chi connectivity index (χ1v) is 8.15. The largest absolute Gasteiger partial charge is 0.487 e. The predicted molar refractivity (Wildman–Crippen MR) is 91.5 cm³/mol. The molecule has 2 aromatic heterocycles. The Morgan fingerprint density at radius 3 is 1.96 bits per heavy atom. The van der Waals surface area contributed by atoms with Crippen LogP contribution in [0, 0.1) is 6.07 Å². The Hall–Kier alpha value is -3.31. The van der Waals surface area contributed by atoms with Gasteiger partial charge in [-0.05, 0) is 0 Å². The van der Waals surface area contributed by atoms with Crippen LogP contribution in [0.3, 0.4) is 0 Å². The quantitative estimate of drug-likeness (QED) is 0.333. The van der Waals surface area contributed by atoms with Crippen LogP contribution in [0.25, 0.3) is 5.52 Å². The van der Waals surface area contributed by atoms with E-state index < -0.39 is 34.6 Å². The Morgan fingerprint density at radius 1 is 0.893 bits per heavy atom. The number of hydrogen-bond donors (Lipinski definition) is 5. The molecule has 2 rings (SSSR count). The summed E-state index contributed by atoms with van der Waals surface area (Å²) in [6.45, 7) is -0.322. The van der Waals surface area contributed by atoms with Gasteiger partial charge in [0.1, 0.15) is 0 Å². The summed E-state index contributed by atoms with van der Waals surface area (Å²) in [6, 6.07) is 2.60. The number of pyridine rings is 1. The number of carboxylic acid groups (broad SMARTS) is 3. The van der Waals surface area contributed by atoms with E-state index in [9.17, 15) is 29.7 Å². The number of rotatable bonds is 11. The number of nitrogens with zero attached hydrogens (tertiary/aromatic N) is 1. The highest BCUT2D eigenvalue weighted by Gasteiger charge is 2.30. The molecule has 2 aromatic rings. The molecule has 2 heterocycles. The number of carboxylic acids is 3. The number of aliphatic hydroxyl groups excluding tert-OH is 2. The highest BCUT2D eigenvalue weighted by molar-refractivity contribution is 6.12. The molecule has 0 aliphatic heterocycles. The van der Waals surface area contributed by atoms with E-state index in [1.807, 2.05) is 0 Å². The summed E-state index contributed by atoms with van der Waals surface area (Å²) in [5.74, 6) is -5.20. The third-order valence-corrected chi connectivity index (χ3v) is 3.65. The molecule has 0 fully saturated rings. The molecule has 0 amide bonds. The fourth-order valence-electron chi connectivity index (χ4n) is 2.48. The molecule has 0 unspecified atom stereocenters. The van der Waals surface area contributed by atoms with Gasteiger partial charge < -0.3 is 35.0 Å². The molecular weight excluding hydrogens is 378 g/mol. The minimum Gasteiger partial charge on any atom is -0.487 e. The van der Waals surface area contributed by atoms with Gasteiger partial charge in [0, 0.05) is 32.3 Å². The third kappa shape index (κ3) is 4.15. The standard InChI is InChI=1S/C17H18NO10/c19-3-1-5-27-11-7-10-13(17(25)26)12(16(23)24)9(15(21)22)8-18(10)14(11)28-6-2-4-20/h8,19-20H,1-6H2,(H,21,22)(H,23,24)(H,25,26). The van der Waals surface area contributed by atoms with Crippen molar-refractivity contribution in [1.29, 1.82) is 0 Å². The van der Waals surface area contributed by atoms with E-state index in [-0.39, 0.29) is 56.4 Å². The van der Waals surface area contributed by atoms with Crippen LogP contribution >= 0.6 is 0 Å². The van der Waals surface area contributed by atoms with Crippen LogP contribution < -0.4 is 9.47 Å². The molecule has 0 saturated carbocycles. The molecule has 5 N–H and O–H groups in total. The van der Waals surface area contributed by atoms with E-state index in [1.54, 1.807) is 0 Å². The lowest BCUT2D eigenvalue weighted by Crippen LogP contribution is -2.17. The first-order valence-electron chi connectivity index (χ1n) is 8.15. The van der Waals surface area contributed by atoms with Crippen molar-refractivity contribution in [2.45, 2.75) is 12.8 Å². The number of hydrogen-bond acceptors (Lipinski definition) is 7. The summed E-state index contributed by atoms with van der Waals surface area (Å²) >= 11 is 0. The monoisotopic (exact) mass is 396 g/mol. The fraction of sp³-hybridized carbons (Fsp3) is 0.353. The Balaban J connectivity index is 2.78. The van der Waals surface area contributed by atoms with Crippen LogP contribution in [0.4, 0.5) is 0 Å². The zero-order chi connectivity index (χ0) is 20.8.